The average molecular weight is 239 g/mol. The Hall–Kier alpha value is -1.10. The summed E-state index contributed by atoms with van der Waals surface area (Å²) in [6.07, 6.45) is 3.80. The van der Waals surface area contributed by atoms with Gasteiger partial charge in [-0.25, -0.2) is 0 Å². The van der Waals surface area contributed by atoms with Gasteiger partial charge in [-0.15, -0.1) is 0 Å². The van der Waals surface area contributed by atoms with Crippen molar-refractivity contribution < 1.29 is 9.59 Å². The first-order chi connectivity index (χ1) is 8.08. The van der Waals surface area contributed by atoms with Crippen molar-refractivity contribution in [3.8, 4) is 0 Å². The molecular formula is C12H21N3O2. The fraction of sp³-hybridized carbons (Fsp3) is 0.833. The summed E-state index contributed by atoms with van der Waals surface area (Å²) in [5.74, 6) is 0.504. The zero-order valence-corrected chi connectivity index (χ0v) is 10.3. The van der Waals surface area contributed by atoms with Crippen LogP contribution < -0.4 is 11.1 Å². The molecule has 2 fully saturated rings. The average Bonchev–Trinajstić information content (AvgIpc) is 3.13. The van der Waals surface area contributed by atoms with Crippen LogP contribution in [0.2, 0.25) is 0 Å². The van der Waals surface area contributed by atoms with E-state index in [1.807, 2.05) is 4.90 Å². The molecule has 2 amide bonds. The lowest BCUT2D eigenvalue weighted by Gasteiger charge is -2.32. The molecule has 2 rings (SSSR count). The highest BCUT2D eigenvalue weighted by Gasteiger charge is 2.35. The van der Waals surface area contributed by atoms with Crippen LogP contribution in [0.4, 0.5) is 0 Å². The van der Waals surface area contributed by atoms with Crippen molar-refractivity contribution in [3.63, 3.8) is 0 Å². The molecule has 1 saturated carbocycles. The predicted octanol–water partition coefficient (Wildman–Crippen LogP) is -0.149. The Morgan fingerprint density at radius 3 is 2.29 bits per heavy atom. The molecule has 96 valence electrons. The van der Waals surface area contributed by atoms with E-state index in [1.165, 1.54) is 0 Å². The molecule has 0 spiro atoms. The maximum Gasteiger partial charge on any atom is 0.236 e. The molecule has 1 atom stereocenters. The van der Waals surface area contributed by atoms with Crippen LogP contribution in [0, 0.1) is 5.92 Å². The Bertz CT molecular complexity index is 305. The van der Waals surface area contributed by atoms with Gasteiger partial charge in [0.1, 0.15) is 0 Å². The van der Waals surface area contributed by atoms with E-state index in [4.69, 9.17) is 5.73 Å². The third kappa shape index (κ3) is 3.19. The first-order valence-corrected chi connectivity index (χ1v) is 6.42. The van der Waals surface area contributed by atoms with Crippen LogP contribution in [-0.2, 0) is 9.59 Å². The summed E-state index contributed by atoms with van der Waals surface area (Å²) in [5, 5.41) is 2.92. The molecule has 17 heavy (non-hydrogen) atoms. The maximum atomic E-state index is 11.8. The van der Waals surface area contributed by atoms with E-state index in [0.717, 1.165) is 38.8 Å². The first kappa shape index (κ1) is 12.4. The number of nitrogens with one attached hydrogen (secondary N) is 1. The largest absolute Gasteiger partial charge is 0.352 e. The molecule has 1 saturated heterocycles. The number of nitrogens with two attached hydrogens (primary N) is 1. The summed E-state index contributed by atoms with van der Waals surface area (Å²) >= 11 is 0. The number of rotatable bonds is 3. The van der Waals surface area contributed by atoms with Gasteiger partial charge in [-0.2, -0.15) is 0 Å². The van der Waals surface area contributed by atoms with Gasteiger partial charge in [-0.1, -0.05) is 0 Å². The summed E-state index contributed by atoms with van der Waals surface area (Å²) in [7, 11) is 0. The molecule has 0 aromatic rings. The van der Waals surface area contributed by atoms with Crippen molar-refractivity contribution in [2.75, 3.05) is 13.1 Å². The Morgan fingerprint density at radius 1 is 1.24 bits per heavy atom. The molecule has 2 aliphatic rings. The standard InChI is InChI=1S/C12H21N3O2/c1-8(13)11(16)14-10-4-6-15(7-5-10)12(17)9-2-3-9/h8-10H,2-7,13H2,1H3,(H,14,16)/t8-/m0/s1. The van der Waals surface area contributed by atoms with E-state index < -0.39 is 6.04 Å². The second-order valence-corrected chi connectivity index (χ2v) is 5.17. The Morgan fingerprint density at radius 2 is 1.82 bits per heavy atom. The van der Waals surface area contributed by atoms with Gasteiger partial charge < -0.3 is 16.0 Å². The minimum Gasteiger partial charge on any atom is -0.352 e. The van der Waals surface area contributed by atoms with Gasteiger partial charge in [0.15, 0.2) is 0 Å². The summed E-state index contributed by atoms with van der Waals surface area (Å²) in [6, 6.07) is -0.280. The molecule has 0 bridgehead atoms. The van der Waals surface area contributed by atoms with Crippen LogP contribution in [0.5, 0.6) is 0 Å². The smallest absolute Gasteiger partial charge is 0.236 e. The molecule has 1 aliphatic carbocycles. The lowest BCUT2D eigenvalue weighted by atomic mass is 10.0. The summed E-state index contributed by atoms with van der Waals surface area (Å²) in [5.41, 5.74) is 5.50. The second kappa shape index (κ2) is 5.04. The van der Waals surface area contributed by atoms with Gasteiger partial charge in [0.25, 0.3) is 0 Å². The van der Waals surface area contributed by atoms with Gasteiger partial charge in [-0.3, -0.25) is 9.59 Å². The van der Waals surface area contributed by atoms with Gasteiger partial charge in [0.2, 0.25) is 11.8 Å². The number of amides is 2. The highest BCUT2D eigenvalue weighted by molar-refractivity contribution is 5.82. The third-order valence-corrected chi connectivity index (χ3v) is 3.49. The first-order valence-electron chi connectivity index (χ1n) is 6.42. The molecule has 0 aromatic carbocycles. The molecule has 1 heterocycles. The quantitative estimate of drug-likeness (QED) is 0.719. The molecule has 0 radical (unpaired) electrons. The van der Waals surface area contributed by atoms with Gasteiger partial charge in [0.05, 0.1) is 6.04 Å². The molecule has 5 heteroatoms. The monoisotopic (exact) mass is 239 g/mol. The summed E-state index contributed by atoms with van der Waals surface area (Å²) in [6.45, 7) is 3.21. The molecular weight excluding hydrogens is 218 g/mol. The van der Waals surface area contributed by atoms with Crippen LogP contribution in [0.15, 0.2) is 0 Å². The normalized spacial score (nSPS) is 23.3. The lowest BCUT2D eigenvalue weighted by Crippen LogP contribution is -2.50. The van der Waals surface area contributed by atoms with Crippen molar-refractivity contribution in [2.24, 2.45) is 11.7 Å². The third-order valence-electron chi connectivity index (χ3n) is 3.49. The van der Waals surface area contributed by atoms with Crippen LogP contribution in [0.25, 0.3) is 0 Å². The number of carbonyl (C=O) groups is 2. The predicted molar refractivity (Wildman–Crippen MR) is 64.1 cm³/mol. The van der Waals surface area contributed by atoms with E-state index in [0.29, 0.717) is 11.8 Å². The van der Waals surface area contributed by atoms with Crippen molar-refractivity contribution in [1.29, 1.82) is 0 Å². The zero-order valence-electron chi connectivity index (χ0n) is 10.3. The minimum atomic E-state index is -0.457. The van der Waals surface area contributed by atoms with Crippen LogP contribution in [0.1, 0.15) is 32.6 Å². The number of piperidine rings is 1. The number of hydrogen-bond donors (Lipinski definition) is 2. The van der Waals surface area contributed by atoms with Crippen LogP contribution >= 0.6 is 0 Å². The number of carbonyl (C=O) groups excluding carboxylic acids is 2. The van der Waals surface area contributed by atoms with Crippen LogP contribution in [-0.4, -0.2) is 41.9 Å². The molecule has 5 nitrogen and oxygen atoms in total. The Labute approximate surface area is 102 Å². The molecule has 3 N–H and O–H groups in total. The van der Waals surface area contributed by atoms with E-state index >= 15 is 0 Å². The van der Waals surface area contributed by atoms with E-state index in [-0.39, 0.29) is 11.9 Å². The summed E-state index contributed by atoms with van der Waals surface area (Å²) in [4.78, 5) is 25.2. The second-order valence-electron chi connectivity index (χ2n) is 5.17. The van der Waals surface area contributed by atoms with Crippen molar-refractivity contribution in [1.82, 2.24) is 10.2 Å². The molecule has 0 aromatic heterocycles. The highest BCUT2D eigenvalue weighted by Crippen LogP contribution is 2.31. The fourth-order valence-corrected chi connectivity index (χ4v) is 2.17. The van der Waals surface area contributed by atoms with Gasteiger partial charge in [-0.05, 0) is 32.6 Å². The Balaban J connectivity index is 1.74. The number of hydrogen-bond acceptors (Lipinski definition) is 3. The SMILES string of the molecule is C[C@H](N)C(=O)NC1CCN(C(=O)C2CC2)CC1. The van der Waals surface area contributed by atoms with Crippen molar-refractivity contribution in [2.45, 2.75) is 44.7 Å². The molecule has 1 aliphatic heterocycles. The summed E-state index contributed by atoms with van der Waals surface area (Å²) < 4.78 is 0. The molecule has 0 unspecified atom stereocenters. The van der Waals surface area contributed by atoms with Crippen molar-refractivity contribution >= 4 is 11.8 Å². The Kier molecular flexibility index (Phi) is 3.66. The lowest BCUT2D eigenvalue weighted by molar-refractivity contribution is -0.133. The fourth-order valence-electron chi connectivity index (χ4n) is 2.17. The minimum absolute atomic E-state index is 0.100. The van der Waals surface area contributed by atoms with Crippen molar-refractivity contribution in [3.05, 3.63) is 0 Å². The zero-order chi connectivity index (χ0) is 12.4. The number of likely N-dealkylation sites (tertiary alicyclic amines) is 1. The van der Waals surface area contributed by atoms with E-state index in [9.17, 15) is 9.59 Å². The number of nitrogens with zero attached hydrogens (tertiary/aromatic N) is 1. The van der Waals surface area contributed by atoms with Crippen LogP contribution in [0.3, 0.4) is 0 Å². The van der Waals surface area contributed by atoms with E-state index in [2.05, 4.69) is 5.32 Å². The highest BCUT2D eigenvalue weighted by atomic mass is 16.2. The topological polar surface area (TPSA) is 75.4 Å². The maximum absolute atomic E-state index is 11.8. The van der Waals surface area contributed by atoms with Gasteiger partial charge >= 0.3 is 0 Å². The van der Waals surface area contributed by atoms with E-state index in [1.54, 1.807) is 6.92 Å². The van der Waals surface area contributed by atoms with Gasteiger partial charge in [0, 0.05) is 25.0 Å².